The van der Waals surface area contributed by atoms with Crippen LogP contribution in [0, 0.1) is 0 Å². The molecule has 0 saturated heterocycles. The topological polar surface area (TPSA) is 29.5 Å². The Labute approximate surface area is 164 Å². The minimum atomic E-state index is -0.224. The number of hydrogen-bond donors (Lipinski definition) is 0. The molecule has 0 aromatic heterocycles. The van der Waals surface area contributed by atoms with E-state index in [4.69, 9.17) is 4.74 Å². The third kappa shape index (κ3) is 4.63. The van der Waals surface area contributed by atoms with E-state index in [1.54, 1.807) is 0 Å². The molecular weight excluding hydrogens is 334 g/mol. The van der Waals surface area contributed by atoms with E-state index in [0.29, 0.717) is 0 Å². The van der Waals surface area contributed by atoms with Gasteiger partial charge in [-0.15, -0.1) is 0 Å². The van der Waals surface area contributed by atoms with Crippen LogP contribution in [0.2, 0.25) is 0 Å². The maximum Gasteiger partial charge on any atom is 0.258 e. The van der Waals surface area contributed by atoms with Gasteiger partial charge in [0.25, 0.3) is 5.91 Å². The van der Waals surface area contributed by atoms with Gasteiger partial charge in [0.15, 0.2) is 0 Å². The Bertz CT molecular complexity index is 735. The first-order chi connectivity index (χ1) is 13.1. The molecule has 3 nitrogen and oxygen atoms in total. The molecule has 0 spiro atoms. The van der Waals surface area contributed by atoms with Gasteiger partial charge in [0.05, 0.1) is 5.56 Å². The molecule has 2 rings (SSSR count). The van der Waals surface area contributed by atoms with Crippen molar-refractivity contribution in [3.8, 4) is 5.75 Å². The maximum absolute atomic E-state index is 13.6. The molecule has 0 radical (unpaired) electrons. The number of amides is 1. The van der Waals surface area contributed by atoms with Gasteiger partial charge < -0.3 is 9.64 Å². The standard InChI is InChI=1S/C24H35NO2/c1-6-17-25(18-7-2)23(26)22-20-14-12-11-13-19(20)15-16-21(22)27-24(8-3,9-4)10-5/h11-16H,6-10,17-18H2,1-5H3. The fraction of sp³-hybridized carbons (Fsp3) is 0.542. The van der Waals surface area contributed by atoms with Gasteiger partial charge in [-0.05, 0) is 48.9 Å². The lowest BCUT2D eigenvalue weighted by Gasteiger charge is -2.33. The molecule has 2 aromatic rings. The van der Waals surface area contributed by atoms with Crippen molar-refractivity contribution in [2.24, 2.45) is 0 Å². The second-order valence-electron chi connectivity index (χ2n) is 7.30. The van der Waals surface area contributed by atoms with Crippen molar-refractivity contribution in [2.45, 2.75) is 72.3 Å². The van der Waals surface area contributed by atoms with E-state index in [1.807, 2.05) is 29.2 Å². The van der Waals surface area contributed by atoms with Gasteiger partial charge in [-0.25, -0.2) is 0 Å². The largest absolute Gasteiger partial charge is 0.486 e. The monoisotopic (exact) mass is 369 g/mol. The zero-order chi connectivity index (χ0) is 19.9. The van der Waals surface area contributed by atoms with Crippen LogP contribution in [0.4, 0.5) is 0 Å². The number of hydrogen-bond acceptors (Lipinski definition) is 2. The molecule has 0 bridgehead atoms. The molecule has 2 aromatic carbocycles. The molecule has 27 heavy (non-hydrogen) atoms. The molecule has 1 amide bonds. The number of ether oxygens (including phenoxy) is 1. The molecule has 0 saturated carbocycles. The van der Waals surface area contributed by atoms with Gasteiger partial charge in [0, 0.05) is 13.1 Å². The van der Waals surface area contributed by atoms with Crippen LogP contribution in [0.15, 0.2) is 36.4 Å². The van der Waals surface area contributed by atoms with Crippen molar-refractivity contribution in [2.75, 3.05) is 13.1 Å². The van der Waals surface area contributed by atoms with Gasteiger partial charge in [0.2, 0.25) is 0 Å². The molecule has 0 aliphatic rings. The van der Waals surface area contributed by atoms with Crippen molar-refractivity contribution in [3.63, 3.8) is 0 Å². The van der Waals surface area contributed by atoms with E-state index >= 15 is 0 Å². The summed E-state index contributed by atoms with van der Waals surface area (Å²) in [6.45, 7) is 12.3. The van der Waals surface area contributed by atoms with Crippen LogP contribution in [-0.2, 0) is 0 Å². The third-order valence-electron chi connectivity index (χ3n) is 5.64. The van der Waals surface area contributed by atoms with E-state index in [2.05, 4.69) is 46.8 Å². The Morgan fingerprint density at radius 1 is 0.889 bits per heavy atom. The van der Waals surface area contributed by atoms with Crippen LogP contribution in [0.25, 0.3) is 10.8 Å². The maximum atomic E-state index is 13.6. The molecule has 0 aliphatic heterocycles. The first kappa shape index (κ1) is 21.3. The Morgan fingerprint density at radius 2 is 1.48 bits per heavy atom. The van der Waals surface area contributed by atoms with Crippen molar-refractivity contribution in [3.05, 3.63) is 42.0 Å². The first-order valence-electron chi connectivity index (χ1n) is 10.6. The summed E-state index contributed by atoms with van der Waals surface area (Å²) >= 11 is 0. The molecular formula is C24H35NO2. The van der Waals surface area contributed by atoms with Crippen LogP contribution < -0.4 is 4.74 Å². The summed E-state index contributed by atoms with van der Waals surface area (Å²) in [5.74, 6) is 0.809. The lowest BCUT2D eigenvalue weighted by molar-refractivity contribution is 0.0528. The highest BCUT2D eigenvalue weighted by atomic mass is 16.5. The summed E-state index contributed by atoms with van der Waals surface area (Å²) in [5.41, 5.74) is 0.493. The van der Waals surface area contributed by atoms with Gasteiger partial charge >= 0.3 is 0 Å². The highest BCUT2D eigenvalue weighted by Gasteiger charge is 2.30. The summed E-state index contributed by atoms with van der Waals surface area (Å²) < 4.78 is 6.57. The summed E-state index contributed by atoms with van der Waals surface area (Å²) in [6, 6.07) is 12.2. The van der Waals surface area contributed by atoms with Gasteiger partial charge in [-0.2, -0.15) is 0 Å². The quantitative estimate of drug-likeness (QED) is 0.481. The Balaban J connectivity index is 2.61. The number of benzene rings is 2. The minimum absolute atomic E-state index is 0.0858. The highest BCUT2D eigenvalue weighted by Crippen LogP contribution is 2.35. The summed E-state index contributed by atoms with van der Waals surface area (Å²) in [5, 5.41) is 2.06. The zero-order valence-electron chi connectivity index (χ0n) is 17.7. The zero-order valence-corrected chi connectivity index (χ0v) is 17.7. The molecule has 0 N–H and O–H groups in total. The van der Waals surface area contributed by atoms with E-state index in [9.17, 15) is 4.79 Å². The number of carbonyl (C=O) groups is 1. The highest BCUT2D eigenvalue weighted by molar-refractivity contribution is 6.09. The van der Waals surface area contributed by atoms with Crippen molar-refractivity contribution in [1.82, 2.24) is 4.90 Å². The predicted octanol–water partition coefficient (Wildman–Crippen LogP) is 6.45. The Kier molecular flexibility index (Phi) is 7.70. The van der Waals surface area contributed by atoms with Gasteiger partial charge in [-0.1, -0.05) is 65.0 Å². The first-order valence-corrected chi connectivity index (χ1v) is 10.6. The smallest absolute Gasteiger partial charge is 0.258 e. The number of rotatable bonds is 10. The summed E-state index contributed by atoms with van der Waals surface area (Å²) in [7, 11) is 0. The molecule has 3 heteroatoms. The lowest BCUT2D eigenvalue weighted by Crippen LogP contribution is -2.36. The van der Waals surface area contributed by atoms with E-state index < -0.39 is 0 Å². The van der Waals surface area contributed by atoms with Crippen molar-refractivity contribution < 1.29 is 9.53 Å². The van der Waals surface area contributed by atoms with Gasteiger partial charge in [0.1, 0.15) is 11.4 Å². The second-order valence-corrected chi connectivity index (χ2v) is 7.30. The normalized spacial score (nSPS) is 11.6. The van der Waals surface area contributed by atoms with E-state index in [0.717, 1.165) is 67.3 Å². The second kappa shape index (κ2) is 9.77. The van der Waals surface area contributed by atoms with Crippen LogP contribution in [0.5, 0.6) is 5.75 Å². The van der Waals surface area contributed by atoms with Gasteiger partial charge in [-0.3, -0.25) is 4.79 Å². The van der Waals surface area contributed by atoms with Crippen LogP contribution in [0.3, 0.4) is 0 Å². The average molecular weight is 370 g/mol. The molecule has 0 atom stereocenters. The lowest BCUT2D eigenvalue weighted by atomic mass is 9.93. The molecule has 0 fully saturated rings. The number of fused-ring (bicyclic) bond motifs is 1. The molecule has 0 aliphatic carbocycles. The fourth-order valence-electron chi connectivity index (χ4n) is 3.77. The molecule has 0 unspecified atom stereocenters. The number of nitrogens with zero attached hydrogens (tertiary/aromatic N) is 1. The Hall–Kier alpha value is -2.03. The van der Waals surface area contributed by atoms with E-state index in [-0.39, 0.29) is 11.5 Å². The molecule has 0 heterocycles. The van der Waals surface area contributed by atoms with Crippen LogP contribution >= 0.6 is 0 Å². The fourth-order valence-corrected chi connectivity index (χ4v) is 3.77. The van der Waals surface area contributed by atoms with Crippen LogP contribution in [0.1, 0.15) is 77.1 Å². The average Bonchev–Trinajstić information content (AvgIpc) is 2.71. The molecule has 148 valence electrons. The van der Waals surface area contributed by atoms with E-state index in [1.165, 1.54) is 0 Å². The SMILES string of the molecule is CCCN(CCC)C(=O)c1c(OC(CC)(CC)CC)ccc2ccccc12. The summed E-state index contributed by atoms with van der Waals surface area (Å²) in [4.78, 5) is 15.5. The summed E-state index contributed by atoms with van der Waals surface area (Å²) in [6.07, 6.45) is 4.68. The predicted molar refractivity (Wildman–Crippen MR) is 115 cm³/mol. The van der Waals surface area contributed by atoms with Crippen molar-refractivity contribution in [1.29, 1.82) is 0 Å². The minimum Gasteiger partial charge on any atom is -0.486 e. The van der Waals surface area contributed by atoms with Crippen molar-refractivity contribution >= 4 is 16.7 Å². The van der Waals surface area contributed by atoms with Crippen LogP contribution in [-0.4, -0.2) is 29.5 Å². The Morgan fingerprint density at radius 3 is 2.04 bits per heavy atom. The number of carbonyl (C=O) groups excluding carboxylic acids is 1. The third-order valence-corrected chi connectivity index (χ3v) is 5.64.